The van der Waals surface area contributed by atoms with Crippen molar-refractivity contribution in [3.8, 4) is 0 Å². The summed E-state index contributed by atoms with van der Waals surface area (Å²) in [6.07, 6.45) is 0.0314. The summed E-state index contributed by atoms with van der Waals surface area (Å²) in [4.78, 5) is 26.4. The van der Waals surface area contributed by atoms with Crippen molar-refractivity contribution < 1.29 is 14.0 Å². The molecule has 1 N–H and O–H groups in total. The molecule has 0 aliphatic carbocycles. The molecule has 0 aliphatic heterocycles. The van der Waals surface area contributed by atoms with Crippen molar-refractivity contribution in [3.63, 3.8) is 0 Å². The summed E-state index contributed by atoms with van der Waals surface area (Å²) in [5.41, 5.74) is 1.22. The van der Waals surface area contributed by atoms with E-state index in [1.165, 1.54) is 24.1 Å². The number of hydrogen-bond acceptors (Lipinski definition) is 2. The molecule has 0 aromatic heterocycles. The van der Waals surface area contributed by atoms with Gasteiger partial charge in [0.2, 0.25) is 11.8 Å². The first kappa shape index (κ1) is 20.2. The minimum Gasteiger partial charge on any atom is -0.357 e. The quantitative estimate of drug-likeness (QED) is 0.806. The molecule has 0 saturated heterocycles. The van der Waals surface area contributed by atoms with Crippen molar-refractivity contribution in [1.82, 2.24) is 10.2 Å². The molecule has 0 radical (unpaired) electrons. The monoisotopic (exact) mass is 396 g/mol. The smallest absolute Gasteiger partial charge is 0.242 e. The summed E-state index contributed by atoms with van der Waals surface area (Å²) in [5, 5.41) is 3.37. The Kier molecular flexibility index (Phi) is 7.00. The highest BCUT2D eigenvalue weighted by Gasteiger charge is 2.26. The molecular formula is C19H19Cl2FN2O2. The third-order valence-electron chi connectivity index (χ3n) is 4.07. The third-order valence-corrected chi connectivity index (χ3v) is 4.78. The Bertz CT molecular complexity index is 776. The number of amides is 2. The standard InChI is InChI=1S/C19H19Cl2FN2O2/c1-12(19(26)23-2)24(11-15-16(20)4-3-5-17(15)21)18(25)10-13-6-8-14(22)9-7-13/h3-9,12H,10-11H2,1-2H3,(H,23,26)/t12-/m0/s1. The first-order valence-corrected chi connectivity index (χ1v) is 8.77. The number of likely N-dealkylation sites (N-methyl/N-ethyl adjacent to an activating group) is 1. The molecule has 0 aliphatic rings. The highest BCUT2D eigenvalue weighted by atomic mass is 35.5. The maximum absolute atomic E-state index is 13.1. The van der Waals surface area contributed by atoms with Gasteiger partial charge in [-0.3, -0.25) is 9.59 Å². The van der Waals surface area contributed by atoms with Crippen LogP contribution in [0.5, 0.6) is 0 Å². The topological polar surface area (TPSA) is 49.4 Å². The van der Waals surface area contributed by atoms with Gasteiger partial charge in [0.15, 0.2) is 0 Å². The van der Waals surface area contributed by atoms with Crippen molar-refractivity contribution >= 4 is 35.0 Å². The molecule has 0 spiro atoms. The SMILES string of the molecule is CNC(=O)[C@H](C)N(Cc1c(Cl)cccc1Cl)C(=O)Cc1ccc(F)cc1. The van der Waals surface area contributed by atoms with E-state index in [-0.39, 0.29) is 30.6 Å². The van der Waals surface area contributed by atoms with Gasteiger partial charge in [0.1, 0.15) is 11.9 Å². The van der Waals surface area contributed by atoms with Gasteiger partial charge >= 0.3 is 0 Å². The Balaban J connectivity index is 2.29. The average molecular weight is 397 g/mol. The molecule has 7 heteroatoms. The van der Waals surface area contributed by atoms with Crippen molar-refractivity contribution in [1.29, 1.82) is 0 Å². The van der Waals surface area contributed by atoms with E-state index in [2.05, 4.69) is 5.32 Å². The van der Waals surface area contributed by atoms with Crippen LogP contribution in [-0.2, 0) is 22.6 Å². The van der Waals surface area contributed by atoms with Crippen LogP contribution in [0, 0.1) is 5.82 Å². The summed E-state index contributed by atoms with van der Waals surface area (Å²) >= 11 is 12.4. The van der Waals surface area contributed by atoms with Crippen LogP contribution in [0.15, 0.2) is 42.5 Å². The zero-order chi connectivity index (χ0) is 19.3. The Labute approximate surface area is 161 Å². The number of hydrogen-bond donors (Lipinski definition) is 1. The molecule has 138 valence electrons. The maximum Gasteiger partial charge on any atom is 0.242 e. The van der Waals surface area contributed by atoms with Gasteiger partial charge in [-0.2, -0.15) is 0 Å². The van der Waals surface area contributed by atoms with E-state index < -0.39 is 6.04 Å². The fourth-order valence-electron chi connectivity index (χ4n) is 2.52. The van der Waals surface area contributed by atoms with Crippen LogP contribution in [-0.4, -0.2) is 29.8 Å². The predicted molar refractivity (Wildman–Crippen MR) is 101 cm³/mol. The van der Waals surface area contributed by atoms with Gasteiger partial charge in [-0.05, 0) is 36.8 Å². The molecule has 1 atom stereocenters. The molecule has 26 heavy (non-hydrogen) atoms. The summed E-state index contributed by atoms with van der Waals surface area (Å²) in [7, 11) is 1.50. The van der Waals surface area contributed by atoms with Crippen LogP contribution >= 0.6 is 23.2 Å². The minimum absolute atomic E-state index is 0.0314. The van der Waals surface area contributed by atoms with E-state index in [0.717, 1.165) is 0 Å². The van der Waals surface area contributed by atoms with Gasteiger partial charge in [0.05, 0.1) is 6.42 Å². The number of nitrogens with one attached hydrogen (secondary N) is 1. The molecule has 4 nitrogen and oxygen atoms in total. The zero-order valence-electron chi connectivity index (χ0n) is 14.4. The van der Waals surface area contributed by atoms with Crippen LogP contribution < -0.4 is 5.32 Å². The largest absolute Gasteiger partial charge is 0.357 e. The molecule has 0 unspecified atom stereocenters. The van der Waals surface area contributed by atoms with Crippen molar-refractivity contribution in [2.24, 2.45) is 0 Å². The molecule has 0 heterocycles. The molecule has 0 fully saturated rings. The first-order chi connectivity index (χ1) is 12.3. The van der Waals surface area contributed by atoms with Gasteiger partial charge in [-0.25, -0.2) is 4.39 Å². The molecule has 2 aromatic rings. The Morgan fingerprint density at radius 2 is 1.69 bits per heavy atom. The number of rotatable bonds is 6. The van der Waals surface area contributed by atoms with E-state index in [0.29, 0.717) is 21.2 Å². The summed E-state index contributed by atoms with van der Waals surface area (Å²) in [6.45, 7) is 1.72. The number of halogens is 3. The van der Waals surface area contributed by atoms with Gasteiger partial charge < -0.3 is 10.2 Å². The van der Waals surface area contributed by atoms with Gasteiger partial charge in [0.25, 0.3) is 0 Å². The highest BCUT2D eigenvalue weighted by molar-refractivity contribution is 6.36. The Hall–Kier alpha value is -2.11. The van der Waals surface area contributed by atoms with Gasteiger partial charge in [-0.1, -0.05) is 41.4 Å². The normalized spacial score (nSPS) is 11.7. The van der Waals surface area contributed by atoms with E-state index in [1.807, 2.05) is 0 Å². The number of benzene rings is 2. The fourth-order valence-corrected chi connectivity index (χ4v) is 3.04. The van der Waals surface area contributed by atoms with Crippen molar-refractivity contribution in [2.45, 2.75) is 25.9 Å². The van der Waals surface area contributed by atoms with E-state index in [4.69, 9.17) is 23.2 Å². The first-order valence-electron chi connectivity index (χ1n) is 8.02. The van der Waals surface area contributed by atoms with Crippen molar-refractivity contribution in [3.05, 3.63) is 69.5 Å². The van der Waals surface area contributed by atoms with Crippen LogP contribution in [0.2, 0.25) is 10.0 Å². The van der Waals surface area contributed by atoms with Crippen LogP contribution in [0.4, 0.5) is 4.39 Å². The second kappa shape index (κ2) is 9.01. The second-order valence-electron chi connectivity index (χ2n) is 5.82. The van der Waals surface area contributed by atoms with Crippen LogP contribution in [0.25, 0.3) is 0 Å². The number of nitrogens with zero attached hydrogens (tertiary/aromatic N) is 1. The molecule has 2 rings (SSSR count). The zero-order valence-corrected chi connectivity index (χ0v) is 15.9. The minimum atomic E-state index is -0.722. The lowest BCUT2D eigenvalue weighted by atomic mass is 10.1. The maximum atomic E-state index is 13.1. The van der Waals surface area contributed by atoms with E-state index >= 15 is 0 Å². The van der Waals surface area contributed by atoms with Gasteiger partial charge in [0, 0.05) is 29.2 Å². The third kappa shape index (κ3) is 4.96. The van der Waals surface area contributed by atoms with E-state index in [9.17, 15) is 14.0 Å². The van der Waals surface area contributed by atoms with Gasteiger partial charge in [-0.15, -0.1) is 0 Å². The summed E-state index contributed by atoms with van der Waals surface area (Å²) < 4.78 is 13.1. The van der Waals surface area contributed by atoms with Crippen LogP contribution in [0.1, 0.15) is 18.1 Å². The number of carbonyl (C=O) groups excluding carboxylic acids is 2. The Morgan fingerprint density at radius 3 is 2.23 bits per heavy atom. The van der Waals surface area contributed by atoms with E-state index in [1.54, 1.807) is 37.3 Å². The predicted octanol–water partition coefficient (Wildman–Crippen LogP) is 3.84. The van der Waals surface area contributed by atoms with Crippen molar-refractivity contribution in [2.75, 3.05) is 7.05 Å². The highest BCUT2D eigenvalue weighted by Crippen LogP contribution is 2.26. The summed E-state index contributed by atoms with van der Waals surface area (Å²) in [5.74, 6) is -0.969. The summed E-state index contributed by atoms with van der Waals surface area (Å²) in [6, 6.07) is 10.0. The van der Waals surface area contributed by atoms with Crippen LogP contribution in [0.3, 0.4) is 0 Å². The molecule has 2 amide bonds. The fraction of sp³-hybridized carbons (Fsp3) is 0.263. The Morgan fingerprint density at radius 1 is 1.12 bits per heavy atom. The molecule has 0 bridgehead atoms. The molecular weight excluding hydrogens is 378 g/mol. The lowest BCUT2D eigenvalue weighted by Gasteiger charge is -2.29. The molecule has 0 saturated carbocycles. The lowest BCUT2D eigenvalue weighted by molar-refractivity contribution is -0.139. The average Bonchev–Trinajstić information content (AvgIpc) is 2.62. The molecule has 2 aromatic carbocycles. The second-order valence-corrected chi connectivity index (χ2v) is 6.63. The number of carbonyl (C=O) groups is 2. The lowest BCUT2D eigenvalue weighted by Crippen LogP contribution is -2.47.